The smallest absolute Gasteiger partial charge is 0.315 e. The maximum atomic E-state index is 13.6. The van der Waals surface area contributed by atoms with Gasteiger partial charge in [-0.3, -0.25) is 9.59 Å². The van der Waals surface area contributed by atoms with Crippen LogP contribution >= 0.6 is 11.8 Å². The summed E-state index contributed by atoms with van der Waals surface area (Å²) in [5, 5.41) is 2.63. The number of hydrogen-bond acceptors (Lipinski definition) is 4. The Balaban J connectivity index is 2.05. The number of esters is 1. The molecule has 0 aliphatic carbocycles. The highest BCUT2D eigenvalue weighted by atomic mass is 32.2. The molecule has 1 N–H and O–H groups in total. The van der Waals surface area contributed by atoms with Gasteiger partial charge in [0.2, 0.25) is 0 Å². The van der Waals surface area contributed by atoms with E-state index in [4.69, 9.17) is 0 Å². The zero-order valence-corrected chi connectivity index (χ0v) is 12.7. The molecule has 22 heavy (non-hydrogen) atoms. The Morgan fingerprint density at radius 3 is 2.68 bits per heavy atom. The molecule has 6 heteroatoms. The molecule has 0 aromatic heterocycles. The van der Waals surface area contributed by atoms with Crippen molar-refractivity contribution in [3.05, 3.63) is 59.9 Å². The van der Waals surface area contributed by atoms with Crippen molar-refractivity contribution in [1.82, 2.24) is 0 Å². The maximum Gasteiger partial charge on any atom is 0.315 e. The number of carbonyl (C=O) groups excluding carboxylic acids is 2. The van der Waals surface area contributed by atoms with Crippen molar-refractivity contribution in [3.8, 4) is 0 Å². The predicted octanol–water partition coefficient (Wildman–Crippen LogP) is 3.34. The first kappa shape index (κ1) is 16.0. The third-order valence-corrected chi connectivity index (χ3v) is 3.76. The lowest BCUT2D eigenvalue weighted by molar-refractivity contribution is -0.137. The number of benzene rings is 2. The first-order valence-electron chi connectivity index (χ1n) is 6.45. The number of rotatable bonds is 5. The largest absolute Gasteiger partial charge is 0.468 e. The summed E-state index contributed by atoms with van der Waals surface area (Å²) in [7, 11) is 1.33. The molecule has 0 aliphatic heterocycles. The minimum Gasteiger partial charge on any atom is -0.468 e. The highest BCUT2D eigenvalue weighted by Gasteiger charge is 2.11. The minimum absolute atomic E-state index is 0.0184. The summed E-state index contributed by atoms with van der Waals surface area (Å²) in [5.41, 5.74) is 0.512. The van der Waals surface area contributed by atoms with Crippen molar-refractivity contribution < 1.29 is 18.7 Å². The van der Waals surface area contributed by atoms with E-state index in [1.54, 1.807) is 24.3 Å². The summed E-state index contributed by atoms with van der Waals surface area (Å²) < 4.78 is 18.1. The molecule has 114 valence electrons. The Morgan fingerprint density at radius 2 is 1.95 bits per heavy atom. The number of thioether (sulfide) groups is 1. The second-order valence-electron chi connectivity index (χ2n) is 4.33. The number of methoxy groups -OCH3 is 1. The third kappa shape index (κ3) is 4.33. The van der Waals surface area contributed by atoms with Crippen LogP contribution < -0.4 is 5.32 Å². The Kier molecular flexibility index (Phi) is 5.55. The Morgan fingerprint density at radius 1 is 1.18 bits per heavy atom. The minimum atomic E-state index is -0.573. The molecule has 0 unspecified atom stereocenters. The van der Waals surface area contributed by atoms with Gasteiger partial charge in [0.25, 0.3) is 5.91 Å². The van der Waals surface area contributed by atoms with Crippen molar-refractivity contribution >= 4 is 29.3 Å². The second kappa shape index (κ2) is 7.61. The highest BCUT2D eigenvalue weighted by Crippen LogP contribution is 2.22. The van der Waals surface area contributed by atoms with Gasteiger partial charge in [-0.2, -0.15) is 0 Å². The summed E-state index contributed by atoms with van der Waals surface area (Å²) in [6.45, 7) is 0. The molecule has 0 aliphatic rings. The van der Waals surface area contributed by atoms with Gasteiger partial charge < -0.3 is 10.1 Å². The highest BCUT2D eigenvalue weighted by molar-refractivity contribution is 8.00. The first-order chi connectivity index (χ1) is 10.6. The molecule has 0 heterocycles. The van der Waals surface area contributed by atoms with Crippen molar-refractivity contribution in [2.45, 2.75) is 4.90 Å². The maximum absolute atomic E-state index is 13.6. The fourth-order valence-electron chi connectivity index (χ4n) is 1.71. The molecule has 2 aromatic carbocycles. The predicted molar refractivity (Wildman–Crippen MR) is 83.5 cm³/mol. The number of ether oxygens (including phenoxy) is 1. The van der Waals surface area contributed by atoms with Gasteiger partial charge in [-0.15, -0.1) is 11.8 Å². The third-order valence-electron chi connectivity index (χ3n) is 2.79. The quantitative estimate of drug-likeness (QED) is 0.678. The lowest BCUT2D eigenvalue weighted by atomic mass is 10.2. The summed E-state index contributed by atoms with van der Waals surface area (Å²) in [6.07, 6.45) is 0. The molecular weight excluding hydrogens is 305 g/mol. The van der Waals surface area contributed by atoms with Crippen LogP contribution in [0, 0.1) is 5.82 Å². The average molecular weight is 319 g/mol. The standard InChI is InChI=1S/C16H14FNO3S/c1-21-15(19)10-22-12-6-4-5-11(9-12)18-16(20)13-7-2-3-8-14(13)17/h2-9H,10H2,1H3,(H,18,20). The average Bonchev–Trinajstić information content (AvgIpc) is 2.53. The second-order valence-corrected chi connectivity index (χ2v) is 5.38. The summed E-state index contributed by atoms with van der Waals surface area (Å²) >= 11 is 1.29. The van der Waals surface area contributed by atoms with Crippen LogP contribution in [-0.2, 0) is 9.53 Å². The lowest BCUT2D eigenvalue weighted by Crippen LogP contribution is -2.13. The molecule has 2 aromatic rings. The van der Waals surface area contributed by atoms with Gasteiger partial charge in [-0.1, -0.05) is 18.2 Å². The molecule has 0 radical (unpaired) electrons. The topological polar surface area (TPSA) is 55.4 Å². The summed E-state index contributed by atoms with van der Waals surface area (Å²) in [5.74, 6) is -1.24. The zero-order valence-electron chi connectivity index (χ0n) is 11.8. The van der Waals surface area contributed by atoms with Crippen LogP contribution in [0.25, 0.3) is 0 Å². The normalized spacial score (nSPS) is 10.1. The van der Waals surface area contributed by atoms with E-state index < -0.39 is 11.7 Å². The van der Waals surface area contributed by atoms with Crippen LogP contribution in [0.15, 0.2) is 53.4 Å². The monoisotopic (exact) mass is 319 g/mol. The Labute approximate surface area is 131 Å². The molecule has 0 atom stereocenters. The van der Waals surface area contributed by atoms with E-state index in [1.807, 2.05) is 6.07 Å². The molecule has 0 saturated heterocycles. The number of anilines is 1. The fraction of sp³-hybridized carbons (Fsp3) is 0.125. The van der Waals surface area contributed by atoms with Crippen LogP contribution in [0.1, 0.15) is 10.4 Å². The van der Waals surface area contributed by atoms with E-state index in [2.05, 4.69) is 10.1 Å². The van der Waals surface area contributed by atoms with Gasteiger partial charge in [0.1, 0.15) is 5.82 Å². The molecule has 0 fully saturated rings. The number of hydrogen-bond donors (Lipinski definition) is 1. The summed E-state index contributed by atoms with van der Waals surface area (Å²) in [4.78, 5) is 23.9. The molecule has 1 amide bonds. The molecule has 2 rings (SSSR count). The summed E-state index contributed by atoms with van der Waals surface area (Å²) in [6, 6.07) is 12.7. The van der Waals surface area contributed by atoms with Crippen molar-refractivity contribution in [2.75, 3.05) is 18.2 Å². The Bertz CT molecular complexity index is 691. The van der Waals surface area contributed by atoms with E-state index in [0.717, 1.165) is 4.90 Å². The van der Waals surface area contributed by atoms with Gasteiger partial charge in [0.05, 0.1) is 18.4 Å². The molecule has 4 nitrogen and oxygen atoms in total. The number of nitrogens with one attached hydrogen (secondary N) is 1. The lowest BCUT2D eigenvalue weighted by Gasteiger charge is -2.08. The van der Waals surface area contributed by atoms with Gasteiger partial charge in [-0.05, 0) is 30.3 Å². The van der Waals surface area contributed by atoms with Crippen molar-refractivity contribution in [3.63, 3.8) is 0 Å². The van der Waals surface area contributed by atoms with Gasteiger partial charge >= 0.3 is 5.97 Å². The molecule has 0 spiro atoms. The van der Waals surface area contributed by atoms with E-state index in [1.165, 1.54) is 37.1 Å². The van der Waals surface area contributed by atoms with Gasteiger partial charge in [0, 0.05) is 10.6 Å². The van der Waals surface area contributed by atoms with Gasteiger partial charge in [-0.25, -0.2) is 4.39 Å². The number of amides is 1. The number of halogens is 1. The van der Waals surface area contributed by atoms with Crippen LogP contribution in [0.3, 0.4) is 0 Å². The first-order valence-corrected chi connectivity index (χ1v) is 7.44. The molecule has 0 bridgehead atoms. The van der Waals surface area contributed by atoms with E-state index in [9.17, 15) is 14.0 Å². The van der Waals surface area contributed by atoms with Crippen molar-refractivity contribution in [1.29, 1.82) is 0 Å². The fourth-order valence-corrected chi connectivity index (χ4v) is 2.50. The molecule has 0 saturated carbocycles. The number of carbonyl (C=O) groups is 2. The Hall–Kier alpha value is -2.34. The van der Waals surface area contributed by atoms with Crippen LogP contribution in [0.2, 0.25) is 0 Å². The van der Waals surface area contributed by atoms with Crippen LogP contribution in [-0.4, -0.2) is 24.7 Å². The van der Waals surface area contributed by atoms with E-state index in [-0.39, 0.29) is 17.3 Å². The molecular formula is C16H14FNO3S. The van der Waals surface area contributed by atoms with Crippen LogP contribution in [0.5, 0.6) is 0 Å². The van der Waals surface area contributed by atoms with Crippen LogP contribution in [0.4, 0.5) is 10.1 Å². The van der Waals surface area contributed by atoms with E-state index >= 15 is 0 Å². The van der Waals surface area contributed by atoms with Gasteiger partial charge in [0.15, 0.2) is 0 Å². The van der Waals surface area contributed by atoms with E-state index in [0.29, 0.717) is 5.69 Å². The van der Waals surface area contributed by atoms with Crippen molar-refractivity contribution in [2.24, 2.45) is 0 Å². The SMILES string of the molecule is COC(=O)CSc1cccc(NC(=O)c2ccccc2F)c1. The zero-order chi connectivity index (χ0) is 15.9.